The third kappa shape index (κ3) is 3.18. The zero-order chi connectivity index (χ0) is 15.6. The highest BCUT2D eigenvalue weighted by atomic mass is 79.9. The van der Waals surface area contributed by atoms with Crippen LogP contribution in [0.3, 0.4) is 0 Å². The summed E-state index contributed by atoms with van der Waals surface area (Å²) in [5.74, 6) is -0.808. The molecule has 1 saturated carbocycles. The Balaban J connectivity index is 2.24. The van der Waals surface area contributed by atoms with Gasteiger partial charge < -0.3 is 10.4 Å². The van der Waals surface area contributed by atoms with Gasteiger partial charge in [-0.15, -0.1) is 0 Å². The van der Waals surface area contributed by atoms with Gasteiger partial charge in [0, 0.05) is 28.3 Å². The van der Waals surface area contributed by atoms with Crippen LogP contribution in [-0.4, -0.2) is 22.0 Å². The lowest BCUT2D eigenvalue weighted by Crippen LogP contribution is -2.46. The summed E-state index contributed by atoms with van der Waals surface area (Å²) >= 11 is 3.30. The number of non-ortho nitro benzene ring substituents is 1. The van der Waals surface area contributed by atoms with E-state index in [1.165, 1.54) is 12.1 Å². The molecular formula is C14H17BrN2O4. The van der Waals surface area contributed by atoms with E-state index >= 15 is 0 Å². The summed E-state index contributed by atoms with van der Waals surface area (Å²) in [6.07, 6.45) is 3.28. The van der Waals surface area contributed by atoms with Crippen LogP contribution in [0, 0.1) is 15.5 Å². The van der Waals surface area contributed by atoms with Crippen molar-refractivity contribution in [1.82, 2.24) is 0 Å². The van der Waals surface area contributed by atoms with Crippen molar-refractivity contribution >= 4 is 33.3 Å². The molecular weight excluding hydrogens is 340 g/mol. The van der Waals surface area contributed by atoms with Crippen LogP contribution in [-0.2, 0) is 4.79 Å². The van der Waals surface area contributed by atoms with Gasteiger partial charge in [-0.25, -0.2) is 0 Å². The standard InChI is InChI=1S/C14H17BrN2O4/c1-14(13(18)19)7-3-2-4-12(14)16-11-6-5-9(17(20)21)8-10(11)15/h5-6,8,12,16H,2-4,7H2,1H3,(H,18,19). The summed E-state index contributed by atoms with van der Waals surface area (Å²) in [4.78, 5) is 21.8. The smallest absolute Gasteiger partial charge is 0.311 e. The number of carboxylic acid groups (broad SMARTS) is 1. The van der Waals surface area contributed by atoms with Crippen molar-refractivity contribution in [3.05, 3.63) is 32.8 Å². The number of nitrogens with zero attached hydrogens (tertiary/aromatic N) is 1. The second-order valence-electron chi connectivity index (χ2n) is 5.59. The molecule has 1 aliphatic carbocycles. The predicted molar refractivity (Wildman–Crippen MR) is 82.4 cm³/mol. The summed E-state index contributed by atoms with van der Waals surface area (Å²) in [5, 5.41) is 23.5. The first kappa shape index (κ1) is 15.8. The van der Waals surface area contributed by atoms with Crippen molar-refractivity contribution in [3.63, 3.8) is 0 Å². The fourth-order valence-corrected chi connectivity index (χ4v) is 3.22. The van der Waals surface area contributed by atoms with E-state index in [-0.39, 0.29) is 11.7 Å². The number of hydrogen-bond donors (Lipinski definition) is 2. The molecule has 0 aliphatic heterocycles. The number of nitro benzene ring substituents is 1. The molecule has 2 atom stereocenters. The van der Waals surface area contributed by atoms with E-state index in [4.69, 9.17) is 0 Å². The highest BCUT2D eigenvalue weighted by Crippen LogP contribution is 2.39. The van der Waals surface area contributed by atoms with Gasteiger partial charge in [0.15, 0.2) is 0 Å². The topological polar surface area (TPSA) is 92.5 Å². The Morgan fingerprint density at radius 1 is 1.52 bits per heavy atom. The highest BCUT2D eigenvalue weighted by Gasteiger charge is 2.43. The Bertz CT molecular complexity index is 578. The number of rotatable bonds is 4. The first-order chi connectivity index (χ1) is 9.84. The van der Waals surface area contributed by atoms with E-state index in [0.717, 1.165) is 19.3 Å². The molecule has 1 fully saturated rings. The molecule has 21 heavy (non-hydrogen) atoms. The SMILES string of the molecule is CC1(C(=O)O)CCCCC1Nc1ccc([N+](=O)[O-])cc1Br. The van der Waals surface area contributed by atoms with Gasteiger partial charge in [0.25, 0.3) is 5.69 Å². The number of aliphatic carboxylic acids is 1. The fourth-order valence-electron chi connectivity index (χ4n) is 2.74. The molecule has 2 unspecified atom stereocenters. The van der Waals surface area contributed by atoms with Gasteiger partial charge >= 0.3 is 5.97 Å². The zero-order valence-electron chi connectivity index (χ0n) is 11.6. The van der Waals surface area contributed by atoms with Crippen LogP contribution in [0.4, 0.5) is 11.4 Å². The normalized spacial score (nSPS) is 25.3. The molecule has 1 aromatic carbocycles. The average Bonchev–Trinajstić information content (AvgIpc) is 2.43. The molecule has 0 spiro atoms. The van der Waals surface area contributed by atoms with Gasteiger partial charge in [-0.1, -0.05) is 12.8 Å². The molecule has 0 radical (unpaired) electrons. The van der Waals surface area contributed by atoms with Crippen molar-refractivity contribution in [2.45, 2.75) is 38.6 Å². The molecule has 0 aromatic heterocycles. The van der Waals surface area contributed by atoms with E-state index in [1.807, 2.05) is 0 Å². The van der Waals surface area contributed by atoms with Crippen LogP contribution in [0.25, 0.3) is 0 Å². The van der Waals surface area contributed by atoms with Crippen molar-refractivity contribution in [1.29, 1.82) is 0 Å². The Morgan fingerprint density at radius 3 is 2.81 bits per heavy atom. The summed E-state index contributed by atoms with van der Waals surface area (Å²) in [5.41, 5.74) is -0.142. The Morgan fingerprint density at radius 2 is 2.24 bits per heavy atom. The first-order valence-corrected chi connectivity index (χ1v) is 7.58. The minimum Gasteiger partial charge on any atom is -0.481 e. The molecule has 2 rings (SSSR count). The molecule has 7 heteroatoms. The predicted octanol–water partition coefficient (Wildman–Crippen LogP) is 3.80. The van der Waals surface area contributed by atoms with Gasteiger partial charge in [-0.2, -0.15) is 0 Å². The van der Waals surface area contributed by atoms with Crippen LogP contribution < -0.4 is 5.32 Å². The summed E-state index contributed by atoms with van der Waals surface area (Å²) in [7, 11) is 0. The number of carboxylic acids is 1. The minimum absolute atomic E-state index is 0.00272. The molecule has 0 saturated heterocycles. The average molecular weight is 357 g/mol. The van der Waals surface area contributed by atoms with E-state index < -0.39 is 16.3 Å². The van der Waals surface area contributed by atoms with E-state index in [2.05, 4.69) is 21.2 Å². The van der Waals surface area contributed by atoms with Crippen molar-refractivity contribution < 1.29 is 14.8 Å². The second-order valence-corrected chi connectivity index (χ2v) is 6.44. The number of carbonyl (C=O) groups is 1. The molecule has 1 aromatic rings. The van der Waals surface area contributed by atoms with Gasteiger partial charge in [0.2, 0.25) is 0 Å². The van der Waals surface area contributed by atoms with E-state index in [1.54, 1.807) is 13.0 Å². The number of hydrogen-bond acceptors (Lipinski definition) is 4. The van der Waals surface area contributed by atoms with Crippen molar-refractivity contribution in [2.24, 2.45) is 5.41 Å². The third-order valence-corrected chi connectivity index (χ3v) is 4.85. The maximum atomic E-state index is 11.6. The molecule has 114 valence electrons. The summed E-state index contributed by atoms with van der Waals surface area (Å²) in [6, 6.07) is 4.25. The number of nitro groups is 1. The zero-order valence-corrected chi connectivity index (χ0v) is 13.2. The fraction of sp³-hybridized carbons (Fsp3) is 0.500. The van der Waals surface area contributed by atoms with Crippen molar-refractivity contribution in [3.8, 4) is 0 Å². The lowest BCUT2D eigenvalue weighted by molar-refractivity contribution is -0.384. The van der Waals surface area contributed by atoms with Crippen LogP contribution in [0.5, 0.6) is 0 Å². The lowest BCUT2D eigenvalue weighted by atomic mass is 9.71. The van der Waals surface area contributed by atoms with E-state index in [9.17, 15) is 20.0 Å². The third-order valence-electron chi connectivity index (χ3n) is 4.19. The van der Waals surface area contributed by atoms with Crippen LogP contribution >= 0.6 is 15.9 Å². The number of anilines is 1. The molecule has 0 heterocycles. The Hall–Kier alpha value is -1.63. The maximum absolute atomic E-state index is 11.6. The summed E-state index contributed by atoms with van der Waals surface area (Å²) in [6.45, 7) is 1.76. The number of halogens is 1. The minimum atomic E-state index is -0.820. The first-order valence-electron chi connectivity index (χ1n) is 6.78. The van der Waals surface area contributed by atoms with E-state index in [0.29, 0.717) is 16.6 Å². The second kappa shape index (κ2) is 6.01. The monoisotopic (exact) mass is 356 g/mol. The lowest BCUT2D eigenvalue weighted by Gasteiger charge is -2.39. The number of nitrogens with one attached hydrogen (secondary N) is 1. The Labute approximate surface area is 130 Å². The van der Waals surface area contributed by atoms with Crippen LogP contribution in [0.1, 0.15) is 32.6 Å². The quantitative estimate of drug-likeness (QED) is 0.632. The summed E-state index contributed by atoms with van der Waals surface area (Å²) < 4.78 is 0.565. The Kier molecular flexibility index (Phi) is 4.51. The van der Waals surface area contributed by atoms with Gasteiger partial charge in [-0.05, 0) is 41.8 Å². The molecule has 6 nitrogen and oxygen atoms in total. The van der Waals surface area contributed by atoms with Crippen molar-refractivity contribution in [2.75, 3.05) is 5.32 Å². The largest absolute Gasteiger partial charge is 0.481 e. The van der Waals surface area contributed by atoms with Gasteiger partial charge in [0.1, 0.15) is 0 Å². The van der Waals surface area contributed by atoms with Gasteiger partial charge in [-0.3, -0.25) is 14.9 Å². The maximum Gasteiger partial charge on any atom is 0.311 e. The molecule has 0 amide bonds. The molecule has 2 N–H and O–H groups in total. The molecule has 1 aliphatic rings. The van der Waals surface area contributed by atoms with Crippen LogP contribution in [0.15, 0.2) is 22.7 Å². The number of benzene rings is 1. The molecule has 0 bridgehead atoms. The van der Waals surface area contributed by atoms with Gasteiger partial charge in [0.05, 0.1) is 10.3 Å². The van der Waals surface area contributed by atoms with Crippen LogP contribution in [0.2, 0.25) is 0 Å². The highest BCUT2D eigenvalue weighted by molar-refractivity contribution is 9.10.